The smallest absolute Gasteiger partial charge is 0.266 e. The molecule has 2 aliphatic rings. The second-order valence-corrected chi connectivity index (χ2v) is 8.41. The molecule has 0 amide bonds. The van der Waals surface area contributed by atoms with E-state index in [-0.39, 0.29) is 23.1 Å². The molecule has 0 N–H and O–H groups in total. The van der Waals surface area contributed by atoms with E-state index in [1.807, 2.05) is 60.7 Å². The fourth-order valence-electron chi connectivity index (χ4n) is 4.63. The highest BCUT2D eigenvalue weighted by molar-refractivity contribution is 6.13. The maximum absolute atomic E-state index is 13.2. The molecular formula is C27H20N4O2. The Balaban J connectivity index is 1.35. The maximum atomic E-state index is 13.2. The number of benzene rings is 3. The van der Waals surface area contributed by atoms with Gasteiger partial charge in [0.05, 0.1) is 34.4 Å². The van der Waals surface area contributed by atoms with Crippen molar-refractivity contribution in [3.05, 3.63) is 112 Å². The maximum Gasteiger partial charge on any atom is 0.266 e. The van der Waals surface area contributed by atoms with Crippen LogP contribution in [0.15, 0.2) is 93.9 Å². The number of allylic oxidation sites excluding steroid dienone is 1. The monoisotopic (exact) mass is 432 g/mol. The zero-order valence-corrected chi connectivity index (χ0v) is 17.8. The summed E-state index contributed by atoms with van der Waals surface area (Å²) in [6, 6.07) is 22.9. The minimum Gasteiger partial charge on any atom is -0.285 e. The van der Waals surface area contributed by atoms with Crippen LogP contribution < -0.4 is 5.56 Å². The second kappa shape index (κ2) is 7.74. The van der Waals surface area contributed by atoms with Crippen LogP contribution in [0.5, 0.6) is 0 Å². The molecule has 0 fully saturated rings. The van der Waals surface area contributed by atoms with Crippen LogP contribution in [0.4, 0.5) is 0 Å². The predicted octanol–water partition coefficient (Wildman–Crippen LogP) is 4.99. The van der Waals surface area contributed by atoms with E-state index in [4.69, 9.17) is 0 Å². The number of hydrogen-bond donors (Lipinski definition) is 0. The lowest BCUT2D eigenvalue weighted by molar-refractivity contribution is 0.103. The van der Waals surface area contributed by atoms with Gasteiger partial charge in [0.1, 0.15) is 0 Å². The highest BCUT2D eigenvalue weighted by atomic mass is 16.1. The molecule has 3 aromatic carbocycles. The van der Waals surface area contributed by atoms with E-state index < -0.39 is 0 Å². The number of carbonyl (C=O) groups is 1. The number of nitrogens with zero attached hydrogens (tertiary/aromatic N) is 4. The van der Waals surface area contributed by atoms with Crippen molar-refractivity contribution in [3.8, 4) is 5.69 Å². The number of hydrogen-bond acceptors (Lipinski definition) is 5. The summed E-state index contributed by atoms with van der Waals surface area (Å²) in [5, 5.41) is 9.22. The first-order valence-corrected chi connectivity index (χ1v) is 11.0. The summed E-state index contributed by atoms with van der Waals surface area (Å²) in [6.45, 7) is 0.665. The standard InChI is InChI=1S/C27H20N4O2/c32-25-21-15-17(14-18-12-13-28-30-23(16-18)19-6-2-1-3-7-19)10-11-24(21)31-26(25)29-22-9-5-4-8-20(22)27(31)33/h1-11,15-16,18H,12-14H2. The molecule has 6 nitrogen and oxygen atoms in total. The molecule has 160 valence electrons. The Morgan fingerprint density at radius 2 is 1.76 bits per heavy atom. The lowest BCUT2D eigenvalue weighted by atomic mass is 9.93. The van der Waals surface area contributed by atoms with Gasteiger partial charge >= 0.3 is 0 Å². The third kappa shape index (κ3) is 3.31. The summed E-state index contributed by atoms with van der Waals surface area (Å²) in [5.74, 6) is 0.223. The first-order chi connectivity index (χ1) is 16.2. The molecule has 1 unspecified atom stereocenters. The van der Waals surface area contributed by atoms with E-state index in [1.165, 1.54) is 4.57 Å². The van der Waals surface area contributed by atoms with Crippen LogP contribution in [0, 0.1) is 5.92 Å². The van der Waals surface area contributed by atoms with Crippen LogP contribution in [-0.2, 0) is 6.42 Å². The lowest BCUT2D eigenvalue weighted by Crippen LogP contribution is -2.21. The van der Waals surface area contributed by atoms with Gasteiger partial charge in [-0.05, 0) is 48.6 Å². The molecule has 0 aliphatic carbocycles. The average Bonchev–Trinajstić information content (AvgIpc) is 2.99. The summed E-state index contributed by atoms with van der Waals surface area (Å²) in [6.07, 6.45) is 3.83. The summed E-state index contributed by atoms with van der Waals surface area (Å²) in [7, 11) is 0. The van der Waals surface area contributed by atoms with Crippen molar-refractivity contribution in [1.29, 1.82) is 0 Å². The zero-order valence-electron chi connectivity index (χ0n) is 17.8. The van der Waals surface area contributed by atoms with Crippen molar-refractivity contribution in [2.45, 2.75) is 12.8 Å². The van der Waals surface area contributed by atoms with Gasteiger partial charge in [-0.15, -0.1) is 0 Å². The van der Waals surface area contributed by atoms with Crippen molar-refractivity contribution >= 4 is 22.4 Å². The molecule has 0 saturated heterocycles. The van der Waals surface area contributed by atoms with Crippen LogP contribution in [0.3, 0.4) is 0 Å². The topological polar surface area (TPSA) is 76.7 Å². The fourth-order valence-corrected chi connectivity index (χ4v) is 4.63. The van der Waals surface area contributed by atoms with Crippen molar-refractivity contribution in [2.24, 2.45) is 16.1 Å². The van der Waals surface area contributed by atoms with Crippen LogP contribution >= 0.6 is 0 Å². The van der Waals surface area contributed by atoms with Gasteiger partial charge in [0.2, 0.25) is 5.78 Å². The molecule has 0 radical (unpaired) electrons. The Morgan fingerprint density at radius 1 is 0.939 bits per heavy atom. The number of para-hydroxylation sites is 1. The van der Waals surface area contributed by atoms with Crippen LogP contribution in [0.1, 0.15) is 33.7 Å². The third-order valence-corrected chi connectivity index (χ3v) is 6.26. The largest absolute Gasteiger partial charge is 0.285 e. The zero-order chi connectivity index (χ0) is 22.4. The van der Waals surface area contributed by atoms with Gasteiger partial charge in [-0.1, -0.05) is 54.6 Å². The molecule has 2 aliphatic heterocycles. The van der Waals surface area contributed by atoms with E-state index in [0.29, 0.717) is 28.7 Å². The van der Waals surface area contributed by atoms with Gasteiger partial charge in [0, 0.05) is 5.56 Å². The predicted molar refractivity (Wildman–Crippen MR) is 127 cm³/mol. The van der Waals surface area contributed by atoms with Crippen LogP contribution in [0.25, 0.3) is 22.3 Å². The van der Waals surface area contributed by atoms with Crippen molar-refractivity contribution in [1.82, 2.24) is 9.55 Å². The minimum atomic E-state index is -0.210. The van der Waals surface area contributed by atoms with Gasteiger partial charge in [0.25, 0.3) is 5.56 Å². The van der Waals surface area contributed by atoms with Gasteiger partial charge in [-0.2, -0.15) is 10.2 Å². The Morgan fingerprint density at radius 3 is 2.64 bits per heavy atom. The summed E-state index contributed by atoms with van der Waals surface area (Å²) < 4.78 is 1.45. The van der Waals surface area contributed by atoms with Crippen molar-refractivity contribution in [3.63, 3.8) is 0 Å². The molecule has 33 heavy (non-hydrogen) atoms. The van der Waals surface area contributed by atoms with Gasteiger partial charge in [-0.25, -0.2) is 4.98 Å². The molecule has 1 aromatic heterocycles. The fraction of sp³-hybridized carbons (Fsp3) is 0.148. The van der Waals surface area contributed by atoms with Gasteiger partial charge in [0.15, 0.2) is 5.82 Å². The van der Waals surface area contributed by atoms with Crippen LogP contribution in [0.2, 0.25) is 0 Å². The highest BCUT2D eigenvalue weighted by Crippen LogP contribution is 2.30. The molecular weight excluding hydrogens is 412 g/mol. The van der Waals surface area contributed by atoms with Crippen molar-refractivity contribution < 1.29 is 4.79 Å². The molecule has 1 atom stereocenters. The van der Waals surface area contributed by atoms with Crippen LogP contribution in [-0.4, -0.2) is 21.9 Å². The molecule has 4 aromatic rings. The normalized spacial score (nSPS) is 16.9. The number of azo groups is 1. The van der Waals surface area contributed by atoms with E-state index in [1.54, 1.807) is 12.1 Å². The number of aromatic nitrogens is 2. The van der Waals surface area contributed by atoms with Gasteiger partial charge < -0.3 is 0 Å². The van der Waals surface area contributed by atoms with Crippen molar-refractivity contribution in [2.75, 3.05) is 6.54 Å². The first-order valence-electron chi connectivity index (χ1n) is 11.0. The second-order valence-electron chi connectivity index (χ2n) is 8.41. The molecule has 0 saturated carbocycles. The summed E-state index contributed by atoms with van der Waals surface area (Å²) >= 11 is 0. The Bertz CT molecular complexity index is 1530. The van der Waals surface area contributed by atoms with Gasteiger partial charge in [-0.3, -0.25) is 14.2 Å². The minimum absolute atomic E-state index is 0.184. The van der Waals surface area contributed by atoms with E-state index in [9.17, 15) is 9.59 Å². The van der Waals surface area contributed by atoms with E-state index in [0.717, 1.165) is 29.7 Å². The Hall–Kier alpha value is -4.19. The average molecular weight is 432 g/mol. The lowest BCUT2D eigenvalue weighted by Gasteiger charge is -2.12. The number of rotatable bonds is 3. The quantitative estimate of drug-likeness (QED) is 0.403. The number of fused-ring (bicyclic) bond motifs is 4. The molecule has 0 bridgehead atoms. The number of ketones is 1. The summed E-state index contributed by atoms with van der Waals surface area (Å²) in [4.78, 5) is 30.7. The Kier molecular flexibility index (Phi) is 4.57. The first kappa shape index (κ1) is 19.5. The highest BCUT2D eigenvalue weighted by Gasteiger charge is 2.30. The number of carbonyl (C=O) groups excluding carboxylic acids is 1. The Labute approximate surface area is 189 Å². The van der Waals surface area contributed by atoms with E-state index in [2.05, 4.69) is 21.3 Å². The molecule has 3 heterocycles. The third-order valence-electron chi connectivity index (χ3n) is 6.26. The molecule has 0 spiro atoms. The molecule has 6 heteroatoms. The summed E-state index contributed by atoms with van der Waals surface area (Å²) in [5.41, 5.74) is 4.44. The van der Waals surface area contributed by atoms with E-state index >= 15 is 0 Å². The molecule has 6 rings (SSSR count). The SMILES string of the molecule is O=C1c2cc(CC3C=C(c4ccccc4)N=NCC3)ccc2-n2c1nc1ccccc1c2=O.